The molecule has 6 nitrogen and oxygen atoms in total. The van der Waals surface area contributed by atoms with Gasteiger partial charge in [0.15, 0.2) is 0 Å². The smallest absolute Gasteiger partial charge is 0.303 e. The number of aliphatic carboxylic acids is 2. The molecule has 84 valence electrons. The molecule has 0 aliphatic rings. The molecule has 0 fully saturated rings. The van der Waals surface area contributed by atoms with Crippen molar-refractivity contribution in [3.8, 4) is 0 Å². The molecule has 0 aromatic rings. The molecule has 0 bridgehead atoms. The number of rotatable bonds is 5. The average molecular weight is 208 g/mol. The predicted octanol–water partition coefficient (Wildman–Crippen LogP) is -0.315. The molecule has 0 radical (unpaired) electrons. The fourth-order valence-corrected chi connectivity index (χ4v) is 0.401. The highest BCUT2D eigenvalue weighted by atomic mass is 16.4. The van der Waals surface area contributed by atoms with E-state index in [1.807, 2.05) is 0 Å². The molecule has 6 heteroatoms. The molecule has 0 aromatic heterocycles. The minimum atomic E-state index is -1.08. The van der Waals surface area contributed by atoms with Crippen LogP contribution in [0.25, 0.3) is 0 Å². The molecule has 0 aliphatic heterocycles. The highest BCUT2D eigenvalue weighted by Crippen LogP contribution is 1.86. The van der Waals surface area contributed by atoms with Crippen LogP contribution in [0.5, 0.6) is 0 Å². The van der Waals surface area contributed by atoms with E-state index in [0.29, 0.717) is 6.42 Å². The van der Waals surface area contributed by atoms with E-state index in [4.69, 9.17) is 20.4 Å². The van der Waals surface area contributed by atoms with Crippen molar-refractivity contribution < 1.29 is 30.0 Å². The van der Waals surface area contributed by atoms with E-state index in [1.54, 1.807) is 6.92 Å². The summed E-state index contributed by atoms with van der Waals surface area (Å²) in [6.45, 7) is 1.73. The van der Waals surface area contributed by atoms with Crippen molar-refractivity contribution in [2.24, 2.45) is 0 Å². The molecule has 0 rings (SSSR count). The molecule has 1 unspecified atom stereocenters. The van der Waals surface area contributed by atoms with Crippen LogP contribution in [0.15, 0.2) is 0 Å². The first-order chi connectivity index (χ1) is 6.40. The Morgan fingerprint density at radius 1 is 1.14 bits per heavy atom. The summed E-state index contributed by atoms with van der Waals surface area (Å²) in [5.41, 5.74) is 0. The maximum Gasteiger partial charge on any atom is 0.303 e. The number of carboxylic acids is 2. The molecular weight excluding hydrogens is 192 g/mol. The monoisotopic (exact) mass is 208 g/mol. The molecule has 0 aromatic carbocycles. The second-order valence-electron chi connectivity index (χ2n) is 2.65. The van der Waals surface area contributed by atoms with Crippen LogP contribution in [0.1, 0.15) is 26.2 Å². The van der Waals surface area contributed by atoms with Crippen molar-refractivity contribution in [2.45, 2.75) is 32.3 Å². The summed E-state index contributed by atoms with van der Waals surface area (Å²) in [4.78, 5) is 19.3. The Bertz CT molecular complexity index is 151. The Hall–Kier alpha value is -1.14. The van der Waals surface area contributed by atoms with E-state index in [-0.39, 0.29) is 25.6 Å². The third-order valence-corrected chi connectivity index (χ3v) is 1.10. The Kier molecular flexibility index (Phi) is 10.9. The molecule has 0 spiro atoms. The van der Waals surface area contributed by atoms with Crippen molar-refractivity contribution in [2.75, 3.05) is 6.61 Å². The Balaban J connectivity index is 0. The molecule has 14 heavy (non-hydrogen) atoms. The summed E-state index contributed by atoms with van der Waals surface area (Å²) in [7, 11) is 0. The molecule has 0 heterocycles. The van der Waals surface area contributed by atoms with Crippen LogP contribution in [0, 0.1) is 0 Å². The van der Waals surface area contributed by atoms with Gasteiger partial charge >= 0.3 is 11.9 Å². The lowest BCUT2D eigenvalue weighted by molar-refractivity contribution is -0.143. The van der Waals surface area contributed by atoms with Crippen LogP contribution in [0.2, 0.25) is 0 Å². The third-order valence-electron chi connectivity index (χ3n) is 1.10. The van der Waals surface area contributed by atoms with E-state index in [0.717, 1.165) is 0 Å². The van der Waals surface area contributed by atoms with Crippen LogP contribution < -0.4 is 0 Å². The average Bonchev–Trinajstić information content (AvgIpc) is 2.01. The van der Waals surface area contributed by atoms with Crippen LogP contribution in [-0.4, -0.2) is 45.1 Å². The second-order valence-corrected chi connectivity index (χ2v) is 2.65. The fraction of sp³-hybridized carbons (Fsp3) is 0.750. The molecule has 0 saturated carbocycles. The number of carbonyl (C=O) groups is 2. The number of aliphatic hydroxyl groups is 2. The van der Waals surface area contributed by atoms with Crippen molar-refractivity contribution in [3.05, 3.63) is 0 Å². The van der Waals surface area contributed by atoms with E-state index in [1.165, 1.54) is 0 Å². The summed E-state index contributed by atoms with van der Waals surface area (Å²) in [6.07, 6.45) is -0.458. The third kappa shape index (κ3) is 22.4. The van der Waals surface area contributed by atoms with Crippen molar-refractivity contribution >= 4 is 11.9 Å². The Morgan fingerprint density at radius 3 is 1.57 bits per heavy atom. The zero-order chi connectivity index (χ0) is 11.6. The fourth-order valence-electron chi connectivity index (χ4n) is 0.401. The topological polar surface area (TPSA) is 115 Å². The molecular formula is C8H16O6. The van der Waals surface area contributed by atoms with Gasteiger partial charge in [-0.2, -0.15) is 0 Å². The lowest BCUT2D eigenvalue weighted by atomic mass is 10.3. The summed E-state index contributed by atoms with van der Waals surface area (Å²) >= 11 is 0. The Labute approximate surface area is 81.8 Å². The molecule has 1 atom stereocenters. The highest BCUT2D eigenvalue weighted by molar-refractivity contribution is 5.75. The minimum absolute atomic E-state index is 0.0810. The molecule has 4 N–H and O–H groups in total. The summed E-state index contributed by atoms with van der Waals surface area (Å²) in [6, 6.07) is 0. The van der Waals surface area contributed by atoms with Gasteiger partial charge in [-0.3, -0.25) is 9.59 Å². The van der Waals surface area contributed by atoms with E-state index in [2.05, 4.69) is 0 Å². The van der Waals surface area contributed by atoms with Crippen molar-refractivity contribution in [1.82, 2.24) is 0 Å². The van der Waals surface area contributed by atoms with Gasteiger partial charge in [-0.05, 0) is 13.3 Å². The van der Waals surface area contributed by atoms with Crippen LogP contribution in [-0.2, 0) is 9.59 Å². The lowest BCUT2D eigenvalue weighted by Crippen LogP contribution is -2.00. The predicted molar refractivity (Wildman–Crippen MR) is 47.9 cm³/mol. The van der Waals surface area contributed by atoms with E-state index < -0.39 is 11.9 Å². The maximum absolute atomic E-state index is 9.64. The summed E-state index contributed by atoms with van der Waals surface area (Å²) < 4.78 is 0. The number of carboxylic acid groups (broad SMARTS) is 2. The molecule has 0 amide bonds. The standard InChI is InChI=1S/C4H6O4.C4H10O2/c5-3(6)1-2-4(7)8;1-4(6)2-3-5/h1-2H2,(H,5,6)(H,7,8);4-6H,2-3H2,1H3. The van der Waals surface area contributed by atoms with Gasteiger partial charge in [0.05, 0.1) is 18.9 Å². The first-order valence-electron chi connectivity index (χ1n) is 4.12. The van der Waals surface area contributed by atoms with Crippen LogP contribution >= 0.6 is 0 Å². The summed E-state index contributed by atoms with van der Waals surface area (Å²) in [5, 5.41) is 32.3. The Morgan fingerprint density at radius 2 is 1.50 bits per heavy atom. The van der Waals surface area contributed by atoms with Crippen molar-refractivity contribution in [1.29, 1.82) is 0 Å². The number of hydrogen-bond donors (Lipinski definition) is 4. The van der Waals surface area contributed by atoms with Gasteiger partial charge in [0.2, 0.25) is 0 Å². The first kappa shape index (κ1) is 15.3. The number of hydrogen-bond acceptors (Lipinski definition) is 4. The normalized spacial score (nSPS) is 11.1. The first-order valence-corrected chi connectivity index (χ1v) is 4.12. The second kappa shape index (κ2) is 9.94. The van der Waals surface area contributed by atoms with E-state index >= 15 is 0 Å². The van der Waals surface area contributed by atoms with Gasteiger partial charge in [-0.25, -0.2) is 0 Å². The van der Waals surface area contributed by atoms with Gasteiger partial charge in [0.1, 0.15) is 0 Å². The highest BCUT2D eigenvalue weighted by Gasteiger charge is 2.00. The molecule has 0 saturated heterocycles. The van der Waals surface area contributed by atoms with Crippen LogP contribution in [0.3, 0.4) is 0 Å². The van der Waals surface area contributed by atoms with Gasteiger partial charge in [0.25, 0.3) is 0 Å². The number of aliphatic hydroxyl groups excluding tert-OH is 2. The lowest BCUT2D eigenvalue weighted by Gasteiger charge is -1.95. The largest absolute Gasteiger partial charge is 0.481 e. The van der Waals surface area contributed by atoms with Gasteiger partial charge in [-0.1, -0.05) is 0 Å². The summed E-state index contributed by atoms with van der Waals surface area (Å²) in [5.74, 6) is -2.15. The zero-order valence-electron chi connectivity index (χ0n) is 8.01. The maximum atomic E-state index is 9.64. The quantitative estimate of drug-likeness (QED) is 0.492. The van der Waals surface area contributed by atoms with Gasteiger partial charge in [-0.15, -0.1) is 0 Å². The SMILES string of the molecule is CC(O)CCO.O=C(O)CCC(=O)O. The van der Waals surface area contributed by atoms with Gasteiger partial charge in [0, 0.05) is 6.61 Å². The van der Waals surface area contributed by atoms with Gasteiger partial charge < -0.3 is 20.4 Å². The minimum Gasteiger partial charge on any atom is -0.481 e. The zero-order valence-corrected chi connectivity index (χ0v) is 8.01. The van der Waals surface area contributed by atoms with Crippen LogP contribution in [0.4, 0.5) is 0 Å². The van der Waals surface area contributed by atoms with E-state index in [9.17, 15) is 9.59 Å². The van der Waals surface area contributed by atoms with Crippen molar-refractivity contribution in [3.63, 3.8) is 0 Å². The molecule has 0 aliphatic carbocycles.